The molecular formula is C23H29N5O3S. The Morgan fingerprint density at radius 2 is 1.72 bits per heavy atom. The highest BCUT2D eigenvalue weighted by Gasteiger charge is 2.28. The van der Waals surface area contributed by atoms with E-state index >= 15 is 0 Å². The zero-order valence-electron chi connectivity index (χ0n) is 19.2. The van der Waals surface area contributed by atoms with E-state index in [-0.39, 0.29) is 16.4 Å². The van der Waals surface area contributed by atoms with Gasteiger partial charge in [0.1, 0.15) is 0 Å². The summed E-state index contributed by atoms with van der Waals surface area (Å²) in [5.74, 6) is -0.467. The van der Waals surface area contributed by atoms with Crippen molar-refractivity contribution in [1.82, 2.24) is 19.5 Å². The molecule has 32 heavy (non-hydrogen) atoms. The van der Waals surface area contributed by atoms with Crippen LogP contribution in [0.2, 0.25) is 0 Å². The van der Waals surface area contributed by atoms with E-state index in [0.29, 0.717) is 12.4 Å². The molecule has 0 aliphatic rings. The second-order valence-electron chi connectivity index (χ2n) is 9.05. The van der Waals surface area contributed by atoms with Gasteiger partial charge in [0.05, 0.1) is 11.4 Å². The predicted molar refractivity (Wildman–Crippen MR) is 124 cm³/mol. The van der Waals surface area contributed by atoms with Gasteiger partial charge in [0, 0.05) is 11.1 Å². The molecule has 9 heteroatoms. The first-order valence-electron chi connectivity index (χ1n) is 10.2. The summed E-state index contributed by atoms with van der Waals surface area (Å²) in [7, 11) is -4.13. The summed E-state index contributed by atoms with van der Waals surface area (Å²) in [5, 5.41) is 4.55. The molecule has 0 unspecified atom stereocenters. The average molecular weight is 456 g/mol. The number of nitrogens with two attached hydrogens (primary N) is 1. The van der Waals surface area contributed by atoms with Crippen LogP contribution in [-0.4, -0.2) is 29.1 Å². The number of rotatable bonds is 5. The van der Waals surface area contributed by atoms with Gasteiger partial charge in [-0.15, -0.1) is 0 Å². The Morgan fingerprint density at radius 3 is 2.28 bits per heavy atom. The largest absolute Gasteiger partial charge is 0.399 e. The Hall–Kier alpha value is -3.20. The molecule has 3 N–H and O–H groups in total. The highest BCUT2D eigenvalue weighted by molar-refractivity contribution is 7.90. The zero-order valence-corrected chi connectivity index (χ0v) is 20.0. The lowest BCUT2D eigenvalue weighted by atomic mass is 9.96. The summed E-state index contributed by atoms with van der Waals surface area (Å²) in [6.45, 7) is 12.1. The average Bonchev–Trinajstić information content (AvgIpc) is 3.09. The minimum Gasteiger partial charge on any atom is -0.399 e. The molecule has 0 aliphatic carbocycles. The van der Waals surface area contributed by atoms with Crippen molar-refractivity contribution in [2.45, 2.75) is 58.4 Å². The number of aromatic nitrogens is 3. The van der Waals surface area contributed by atoms with Crippen molar-refractivity contribution in [2.75, 3.05) is 5.73 Å². The molecular weight excluding hydrogens is 426 g/mol. The second-order valence-corrected chi connectivity index (χ2v) is 10.7. The lowest BCUT2D eigenvalue weighted by Gasteiger charge is -2.14. The number of nitrogens with one attached hydrogen (secondary N) is 1. The van der Waals surface area contributed by atoms with Crippen LogP contribution < -0.4 is 10.5 Å². The van der Waals surface area contributed by atoms with Gasteiger partial charge in [-0.25, -0.2) is 22.8 Å². The molecule has 1 amide bonds. The van der Waals surface area contributed by atoms with Crippen LogP contribution in [0.4, 0.5) is 5.69 Å². The topological polar surface area (TPSA) is 120 Å². The number of anilines is 1. The van der Waals surface area contributed by atoms with Crippen LogP contribution in [0.1, 0.15) is 59.5 Å². The maximum Gasteiger partial charge on any atom is 0.302 e. The number of amides is 1. The van der Waals surface area contributed by atoms with Crippen molar-refractivity contribution >= 4 is 21.6 Å². The van der Waals surface area contributed by atoms with E-state index in [1.54, 1.807) is 6.07 Å². The molecule has 2 aromatic carbocycles. The first-order valence-corrected chi connectivity index (χ1v) is 11.7. The molecule has 1 aromatic heterocycles. The van der Waals surface area contributed by atoms with Crippen LogP contribution in [0.5, 0.6) is 0 Å². The number of nitrogen functional groups attached to an aromatic ring is 1. The van der Waals surface area contributed by atoms with Crippen LogP contribution in [0.3, 0.4) is 0 Å². The van der Waals surface area contributed by atoms with Crippen LogP contribution in [-0.2, 0) is 22.0 Å². The maximum atomic E-state index is 13.0. The van der Waals surface area contributed by atoms with Gasteiger partial charge in [0.25, 0.3) is 10.0 Å². The molecule has 1 heterocycles. The quantitative estimate of drug-likeness (QED) is 0.570. The van der Waals surface area contributed by atoms with Crippen LogP contribution in [0.15, 0.2) is 41.3 Å². The first-order chi connectivity index (χ1) is 14.8. The molecule has 0 spiro atoms. The van der Waals surface area contributed by atoms with E-state index in [9.17, 15) is 13.2 Å². The van der Waals surface area contributed by atoms with Gasteiger partial charge in [0.2, 0.25) is 5.82 Å². The number of hydrogen-bond donors (Lipinski definition) is 2. The molecule has 0 saturated carbocycles. The van der Waals surface area contributed by atoms with Crippen LogP contribution in [0, 0.1) is 20.8 Å². The van der Waals surface area contributed by atoms with Crippen molar-refractivity contribution in [3.8, 4) is 0 Å². The van der Waals surface area contributed by atoms with Crippen molar-refractivity contribution in [2.24, 2.45) is 0 Å². The lowest BCUT2D eigenvalue weighted by molar-refractivity contribution is 0.0966. The Kier molecular flexibility index (Phi) is 6.15. The minimum absolute atomic E-state index is 0.0678. The van der Waals surface area contributed by atoms with E-state index < -0.39 is 21.3 Å². The third-order valence-electron chi connectivity index (χ3n) is 5.09. The number of aryl methyl sites for hydroxylation is 3. The predicted octanol–water partition coefficient (Wildman–Crippen LogP) is 3.25. The van der Waals surface area contributed by atoms with Gasteiger partial charge in [-0.3, -0.25) is 4.79 Å². The number of nitrogens with zero attached hydrogens (tertiary/aromatic N) is 3. The zero-order chi connectivity index (χ0) is 23.8. The minimum atomic E-state index is -4.13. The highest BCUT2D eigenvalue weighted by atomic mass is 32.2. The van der Waals surface area contributed by atoms with Crippen LogP contribution in [0.25, 0.3) is 0 Å². The molecule has 8 nitrogen and oxygen atoms in total. The fraction of sp³-hybridized carbons (Fsp3) is 0.348. The molecule has 0 radical (unpaired) electrons. The number of sulfonamides is 1. The van der Waals surface area contributed by atoms with E-state index in [1.807, 2.05) is 41.5 Å². The maximum absolute atomic E-state index is 13.0. The number of hydrogen-bond acceptors (Lipinski definition) is 6. The lowest BCUT2D eigenvalue weighted by Crippen LogP contribution is -2.33. The van der Waals surface area contributed by atoms with Crippen molar-refractivity contribution < 1.29 is 13.2 Å². The summed E-state index contributed by atoms with van der Waals surface area (Å²) in [5.41, 5.74) is 9.83. The fourth-order valence-corrected chi connectivity index (χ4v) is 4.46. The van der Waals surface area contributed by atoms with E-state index in [0.717, 1.165) is 22.3 Å². The van der Waals surface area contributed by atoms with Gasteiger partial charge in [-0.05, 0) is 55.7 Å². The fourth-order valence-electron chi connectivity index (χ4n) is 3.46. The SMILES string of the molecule is Cc1cc(C)c(Cn2nc(C(C)(C)C)nc2C(=O)NS(=O)(=O)c2cccc(N)c2)c(C)c1. The molecule has 0 fully saturated rings. The molecule has 0 atom stereocenters. The Balaban J connectivity index is 2.02. The first kappa shape index (κ1) is 23.5. The van der Waals surface area contributed by atoms with E-state index in [2.05, 4.69) is 26.9 Å². The van der Waals surface area contributed by atoms with Gasteiger partial charge < -0.3 is 5.73 Å². The molecule has 3 rings (SSSR count). The van der Waals surface area contributed by atoms with Crippen molar-refractivity contribution in [3.63, 3.8) is 0 Å². The molecule has 0 bridgehead atoms. The summed E-state index contributed by atoms with van der Waals surface area (Å²) >= 11 is 0. The van der Waals surface area contributed by atoms with Crippen molar-refractivity contribution in [1.29, 1.82) is 0 Å². The molecule has 3 aromatic rings. The molecule has 0 saturated heterocycles. The van der Waals surface area contributed by atoms with Gasteiger partial charge in [-0.2, -0.15) is 5.10 Å². The normalized spacial score (nSPS) is 12.1. The Morgan fingerprint density at radius 1 is 1.09 bits per heavy atom. The Labute approximate surface area is 188 Å². The summed E-state index contributed by atoms with van der Waals surface area (Å²) in [4.78, 5) is 17.4. The van der Waals surface area contributed by atoms with Crippen LogP contribution >= 0.6 is 0 Å². The monoisotopic (exact) mass is 455 g/mol. The third-order valence-corrected chi connectivity index (χ3v) is 6.42. The summed E-state index contributed by atoms with van der Waals surface area (Å²) in [6, 6.07) is 9.87. The third kappa shape index (κ3) is 4.99. The second kappa shape index (κ2) is 8.38. The van der Waals surface area contributed by atoms with E-state index in [1.165, 1.54) is 22.9 Å². The number of carbonyl (C=O) groups excluding carboxylic acids is 1. The standard InChI is InChI=1S/C23H29N5O3S/c1-14-10-15(2)19(16(3)11-14)13-28-20(25-22(26-28)23(4,5)6)21(29)27-32(30,31)18-9-7-8-17(24)12-18/h7-12H,13,24H2,1-6H3,(H,27,29). The number of benzene rings is 2. The highest BCUT2D eigenvalue weighted by Crippen LogP contribution is 2.22. The van der Waals surface area contributed by atoms with Gasteiger partial charge in [0.15, 0.2) is 5.82 Å². The number of carbonyl (C=O) groups is 1. The van der Waals surface area contributed by atoms with Gasteiger partial charge in [-0.1, -0.05) is 44.5 Å². The molecule has 0 aliphatic heterocycles. The smallest absolute Gasteiger partial charge is 0.302 e. The summed E-state index contributed by atoms with van der Waals surface area (Å²) in [6.07, 6.45) is 0. The van der Waals surface area contributed by atoms with Gasteiger partial charge >= 0.3 is 5.91 Å². The summed E-state index contributed by atoms with van der Waals surface area (Å²) < 4.78 is 29.1. The Bertz CT molecular complexity index is 1260. The molecule has 170 valence electrons. The van der Waals surface area contributed by atoms with E-state index in [4.69, 9.17) is 5.73 Å². The van der Waals surface area contributed by atoms with Crippen molar-refractivity contribution in [3.05, 3.63) is 70.3 Å².